The van der Waals surface area contributed by atoms with Crippen LogP contribution in [0.2, 0.25) is 0 Å². The zero-order valence-electron chi connectivity index (χ0n) is 11.0. The minimum atomic E-state index is -0.0875. The van der Waals surface area contributed by atoms with Gasteiger partial charge in [0.05, 0.1) is 6.61 Å². The molecule has 1 unspecified atom stereocenters. The van der Waals surface area contributed by atoms with Crippen LogP contribution in [0.1, 0.15) is 31.2 Å². The molecule has 0 radical (unpaired) electrons. The number of likely N-dealkylation sites (tertiary alicyclic amines) is 1. The lowest BCUT2D eigenvalue weighted by atomic mass is 9.84. The number of hydrogen-bond acceptors (Lipinski definition) is 2. The Morgan fingerprint density at radius 3 is 2.72 bits per heavy atom. The number of rotatable bonds is 5. The minimum absolute atomic E-state index is 0.0875. The highest BCUT2D eigenvalue weighted by Gasteiger charge is 2.36. The lowest BCUT2D eigenvalue weighted by Gasteiger charge is -2.46. The van der Waals surface area contributed by atoms with Gasteiger partial charge >= 0.3 is 0 Å². The molecule has 98 valence electrons. The Morgan fingerprint density at radius 1 is 1.28 bits per heavy atom. The summed E-state index contributed by atoms with van der Waals surface area (Å²) < 4.78 is 0. The van der Waals surface area contributed by atoms with Crippen LogP contribution in [0.15, 0.2) is 43.0 Å². The van der Waals surface area contributed by atoms with Crippen LogP contribution in [0.3, 0.4) is 0 Å². The topological polar surface area (TPSA) is 23.5 Å². The average Bonchev–Trinajstić information content (AvgIpc) is 2.42. The molecule has 0 spiro atoms. The Hall–Kier alpha value is -1.12. The van der Waals surface area contributed by atoms with Gasteiger partial charge in [-0.25, -0.2) is 0 Å². The lowest BCUT2D eigenvalue weighted by Crippen LogP contribution is -2.53. The van der Waals surface area contributed by atoms with Crippen LogP contribution in [-0.2, 0) is 6.54 Å². The molecular weight excluding hydrogens is 222 g/mol. The van der Waals surface area contributed by atoms with E-state index in [-0.39, 0.29) is 12.1 Å². The molecule has 1 saturated heterocycles. The zero-order valence-corrected chi connectivity index (χ0v) is 11.0. The highest BCUT2D eigenvalue weighted by molar-refractivity contribution is 5.15. The van der Waals surface area contributed by atoms with E-state index in [0.29, 0.717) is 0 Å². The summed E-state index contributed by atoms with van der Waals surface area (Å²) in [6, 6.07) is 10.5. The van der Waals surface area contributed by atoms with Gasteiger partial charge in [0.1, 0.15) is 0 Å². The number of aliphatic hydroxyl groups is 1. The third-order valence-electron chi connectivity index (χ3n) is 4.03. The molecule has 2 nitrogen and oxygen atoms in total. The first kappa shape index (κ1) is 13.3. The standard InChI is InChI=1S/C16H23NO/c1-2-10-16(14-18)11-6-7-12-17(16)13-15-8-4-3-5-9-15/h2-5,8-9,18H,1,6-7,10-14H2. The lowest BCUT2D eigenvalue weighted by molar-refractivity contribution is -0.00530. The number of aliphatic hydroxyl groups excluding tert-OH is 1. The Balaban J connectivity index is 2.14. The highest BCUT2D eigenvalue weighted by atomic mass is 16.3. The fourth-order valence-electron chi connectivity index (χ4n) is 2.95. The number of benzene rings is 1. The Morgan fingerprint density at radius 2 is 2.06 bits per heavy atom. The predicted molar refractivity (Wildman–Crippen MR) is 75.3 cm³/mol. The van der Waals surface area contributed by atoms with Crippen molar-refractivity contribution in [3.63, 3.8) is 0 Å². The van der Waals surface area contributed by atoms with Crippen molar-refractivity contribution >= 4 is 0 Å². The molecule has 18 heavy (non-hydrogen) atoms. The van der Waals surface area contributed by atoms with Gasteiger partial charge in [0.15, 0.2) is 0 Å². The summed E-state index contributed by atoms with van der Waals surface area (Å²) in [6.45, 7) is 6.08. The molecule has 1 aliphatic heterocycles. The maximum absolute atomic E-state index is 9.83. The van der Waals surface area contributed by atoms with Gasteiger partial charge in [-0.3, -0.25) is 4.90 Å². The van der Waals surface area contributed by atoms with E-state index in [1.165, 1.54) is 18.4 Å². The number of nitrogens with zero attached hydrogens (tertiary/aromatic N) is 1. The third kappa shape index (κ3) is 2.82. The van der Waals surface area contributed by atoms with E-state index in [2.05, 4.69) is 35.7 Å². The second-order valence-electron chi connectivity index (χ2n) is 5.24. The van der Waals surface area contributed by atoms with Gasteiger partial charge in [-0.1, -0.05) is 42.8 Å². The van der Waals surface area contributed by atoms with Gasteiger partial charge in [0, 0.05) is 12.1 Å². The molecule has 0 amide bonds. The van der Waals surface area contributed by atoms with E-state index in [9.17, 15) is 5.11 Å². The van der Waals surface area contributed by atoms with Crippen molar-refractivity contribution in [2.75, 3.05) is 13.2 Å². The van der Waals surface area contributed by atoms with Crippen LogP contribution in [0.5, 0.6) is 0 Å². The van der Waals surface area contributed by atoms with Crippen molar-refractivity contribution in [2.45, 2.75) is 37.8 Å². The van der Waals surface area contributed by atoms with Crippen molar-refractivity contribution in [3.05, 3.63) is 48.6 Å². The largest absolute Gasteiger partial charge is 0.394 e. The summed E-state index contributed by atoms with van der Waals surface area (Å²) in [5, 5.41) is 9.83. The highest BCUT2D eigenvalue weighted by Crippen LogP contribution is 2.32. The summed E-state index contributed by atoms with van der Waals surface area (Å²) in [5.41, 5.74) is 1.23. The molecule has 1 atom stereocenters. The van der Waals surface area contributed by atoms with Crippen LogP contribution >= 0.6 is 0 Å². The molecule has 1 aromatic rings. The third-order valence-corrected chi connectivity index (χ3v) is 4.03. The summed E-state index contributed by atoms with van der Waals surface area (Å²) in [5.74, 6) is 0. The van der Waals surface area contributed by atoms with Crippen LogP contribution in [0.25, 0.3) is 0 Å². The molecule has 0 aromatic heterocycles. The molecule has 1 fully saturated rings. The Bertz CT molecular complexity index is 376. The summed E-state index contributed by atoms with van der Waals surface area (Å²) in [4.78, 5) is 2.44. The molecule has 1 heterocycles. The molecular formula is C16H23NO. The van der Waals surface area contributed by atoms with E-state index in [0.717, 1.165) is 25.9 Å². The van der Waals surface area contributed by atoms with Crippen molar-refractivity contribution in [1.29, 1.82) is 0 Å². The van der Waals surface area contributed by atoms with Crippen LogP contribution in [0, 0.1) is 0 Å². The van der Waals surface area contributed by atoms with Gasteiger partial charge in [-0.2, -0.15) is 0 Å². The van der Waals surface area contributed by atoms with E-state index in [4.69, 9.17) is 0 Å². The fourth-order valence-corrected chi connectivity index (χ4v) is 2.95. The maximum Gasteiger partial charge on any atom is 0.0618 e. The summed E-state index contributed by atoms with van der Waals surface area (Å²) in [7, 11) is 0. The first-order valence-corrected chi connectivity index (χ1v) is 6.81. The maximum atomic E-state index is 9.83. The molecule has 1 N–H and O–H groups in total. The average molecular weight is 245 g/mol. The van der Waals surface area contributed by atoms with Gasteiger partial charge in [-0.05, 0) is 31.4 Å². The van der Waals surface area contributed by atoms with Crippen molar-refractivity contribution < 1.29 is 5.11 Å². The SMILES string of the molecule is C=CCC1(CO)CCCCN1Cc1ccccc1. The van der Waals surface area contributed by atoms with Crippen molar-refractivity contribution in [2.24, 2.45) is 0 Å². The second kappa shape index (κ2) is 6.17. The fraction of sp³-hybridized carbons (Fsp3) is 0.500. The molecule has 0 aliphatic carbocycles. The van der Waals surface area contributed by atoms with Gasteiger partial charge in [0.2, 0.25) is 0 Å². The first-order valence-electron chi connectivity index (χ1n) is 6.81. The normalized spacial score (nSPS) is 24.9. The molecule has 1 aliphatic rings. The number of piperidine rings is 1. The van der Waals surface area contributed by atoms with E-state index < -0.39 is 0 Å². The number of hydrogen-bond donors (Lipinski definition) is 1. The smallest absolute Gasteiger partial charge is 0.0618 e. The van der Waals surface area contributed by atoms with E-state index in [1.54, 1.807) is 0 Å². The van der Waals surface area contributed by atoms with Crippen LogP contribution < -0.4 is 0 Å². The Kier molecular flexibility index (Phi) is 4.56. The van der Waals surface area contributed by atoms with E-state index >= 15 is 0 Å². The predicted octanol–water partition coefficient (Wildman–Crippen LogP) is 2.98. The zero-order chi connectivity index (χ0) is 12.8. The van der Waals surface area contributed by atoms with E-state index in [1.807, 2.05) is 12.1 Å². The quantitative estimate of drug-likeness (QED) is 0.806. The van der Waals surface area contributed by atoms with Gasteiger partial charge < -0.3 is 5.11 Å². The van der Waals surface area contributed by atoms with Gasteiger partial charge in [0.25, 0.3) is 0 Å². The molecule has 0 bridgehead atoms. The molecule has 1 aromatic carbocycles. The van der Waals surface area contributed by atoms with Crippen LogP contribution in [0.4, 0.5) is 0 Å². The van der Waals surface area contributed by atoms with Crippen molar-refractivity contribution in [3.8, 4) is 0 Å². The second-order valence-corrected chi connectivity index (χ2v) is 5.24. The monoisotopic (exact) mass is 245 g/mol. The Labute approximate surface area is 110 Å². The molecule has 0 saturated carbocycles. The first-order chi connectivity index (χ1) is 8.80. The molecule has 2 heteroatoms. The summed E-state index contributed by atoms with van der Waals surface area (Å²) in [6.07, 6.45) is 6.32. The molecule has 2 rings (SSSR count). The van der Waals surface area contributed by atoms with Crippen LogP contribution in [-0.4, -0.2) is 28.7 Å². The van der Waals surface area contributed by atoms with Gasteiger partial charge in [-0.15, -0.1) is 6.58 Å². The summed E-state index contributed by atoms with van der Waals surface area (Å²) >= 11 is 0. The minimum Gasteiger partial charge on any atom is -0.394 e. The van der Waals surface area contributed by atoms with Crippen molar-refractivity contribution in [1.82, 2.24) is 4.90 Å².